The summed E-state index contributed by atoms with van der Waals surface area (Å²) in [4.78, 5) is 11.7. The van der Waals surface area contributed by atoms with E-state index in [9.17, 15) is 13.2 Å². The van der Waals surface area contributed by atoms with Crippen LogP contribution in [-0.4, -0.2) is 23.8 Å². The molecule has 3 heterocycles. The molecule has 0 bridgehead atoms. The number of sulfonamides is 1. The summed E-state index contributed by atoms with van der Waals surface area (Å²) in [6.07, 6.45) is 3.03. The van der Waals surface area contributed by atoms with Crippen molar-refractivity contribution in [3.63, 3.8) is 0 Å². The topological polar surface area (TPSA) is 85.7 Å². The van der Waals surface area contributed by atoms with E-state index in [1.807, 2.05) is 0 Å². The van der Waals surface area contributed by atoms with Gasteiger partial charge < -0.3 is 8.83 Å². The zero-order valence-electron chi connectivity index (χ0n) is 13.0. The van der Waals surface area contributed by atoms with Crippen LogP contribution in [0.2, 0.25) is 0 Å². The quantitative estimate of drug-likeness (QED) is 0.725. The third-order valence-corrected chi connectivity index (χ3v) is 6.35. The van der Waals surface area contributed by atoms with Crippen LogP contribution in [0.25, 0.3) is 11.1 Å². The van der Waals surface area contributed by atoms with Gasteiger partial charge in [-0.2, -0.15) is 4.31 Å². The SMILES string of the molecule is Cn1c(=O)oc2cc(S(=O)(=O)N3CCC[C@@H]3c3ccco3)ccc21. The first-order valence-electron chi connectivity index (χ1n) is 7.63. The molecule has 0 unspecified atom stereocenters. The predicted molar refractivity (Wildman–Crippen MR) is 86.0 cm³/mol. The second-order valence-electron chi connectivity index (χ2n) is 5.85. The molecular weight excluding hydrogens is 332 g/mol. The van der Waals surface area contributed by atoms with Crippen LogP contribution in [0.15, 0.2) is 55.1 Å². The molecule has 126 valence electrons. The molecule has 1 fully saturated rings. The standard InChI is InChI=1S/C16H16N2O5S/c1-17-12-7-6-11(10-15(12)23-16(17)19)24(20,21)18-8-2-4-13(18)14-5-3-9-22-14/h3,5-7,9-10,13H,2,4,8H2,1H3/t13-/m1/s1. The van der Waals surface area contributed by atoms with Crippen molar-refractivity contribution in [3.8, 4) is 0 Å². The van der Waals surface area contributed by atoms with Crippen LogP contribution in [0, 0.1) is 0 Å². The van der Waals surface area contributed by atoms with Gasteiger partial charge in [-0.15, -0.1) is 0 Å². The zero-order valence-corrected chi connectivity index (χ0v) is 13.8. The highest BCUT2D eigenvalue weighted by molar-refractivity contribution is 7.89. The maximum atomic E-state index is 13.0. The lowest BCUT2D eigenvalue weighted by Crippen LogP contribution is -2.30. The summed E-state index contributed by atoms with van der Waals surface area (Å²) in [5.74, 6) is 0.123. The van der Waals surface area contributed by atoms with E-state index in [1.165, 1.54) is 21.0 Å². The third-order valence-electron chi connectivity index (χ3n) is 4.45. The average molecular weight is 348 g/mol. The van der Waals surface area contributed by atoms with Crippen molar-refractivity contribution in [2.24, 2.45) is 7.05 Å². The summed E-state index contributed by atoms with van der Waals surface area (Å²) in [7, 11) is -2.13. The summed E-state index contributed by atoms with van der Waals surface area (Å²) in [6, 6.07) is 7.74. The molecule has 3 aromatic rings. The van der Waals surface area contributed by atoms with E-state index < -0.39 is 15.8 Å². The summed E-state index contributed by atoms with van der Waals surface area (Å²) >= 11 is 0. The first-order valence-corrected chi connectivity index (χ1v) is 9.07. The summed E-state index contributed by atoms with van der Waals surface area (Å²) in [5, 5.41) is 0. The van der Waals surface area contributed by atoms with Gasteiger partial charge in [0, 0.05) is 19.7 Å². The van der Waals surface area contributed by atoms with Gasteiger partial charge in [0.1, 0.15) is 5.76 Å². The Kier molecular flexibility index (Phi) is 3.40. The largest absolute Gasteiger partial charge is 0.468 e. The number of fused-ring (bicyclic) bond motifs is 1. The fraction of sp³-hybridized carbons (Fsp3) is 0.312. The molecule has 1 aliphatic heterocycles. The maximum Gasteiger partial charge on any atom is 0.419 e. The van der Waals surface area contributed by atoms with Gasteiger partial charge in [-0.25, -0.2) is 13.2 Å². The highest BCUT2D eigenvalue weighted by Gasteiger charge is 2.37. The van der Waals surface area contributed by atoms with Gasteiger partial charge in [-0.05, 0) is 37.1 Å². The molecular formula is C16H16N2O5S. The van der Waals surface area contributed by atoms with Crippen molar-refractivity contribution in [1.82, 2.24) is 8.87 Å². The molecule has 1 atom stereocenters. The monoisotopic (exact) mass is 348 g/mol. The molecule has 0 saturated carbocycles. The van der Waals surface area contributed by atoms with Crippen molar-refractivity contribution in [1.29, 1.82) is 0 Å². The molecule has 24 heavy (non-hydrogen) atoms. The number of nitrogens with zero attached hydrogens (tertiary/aromatic N) is 2. The smallest absolute Gasteiger partial charge is 0.419 e. The maximum absolute atomic E-state index is 13.0. The van der Waals surface area contributed by atoms with E-state index in [1.54, 1.807) is 31.5 Å². The molecule has 8 heteroatoms. The minimum Gasteiger partial charge on any atom is -0.468 e. The fourth-order valence-electron chi connectivity index (χ4n) is 3.20. The molecule has 1 saturated heterocycles. The molecule has 1 aromatic carbocycles. The summed E-state index contributed by atoms with van der Waals surface area (Å²) in [5.41, 5.74) is 0.820. The van der Waals surface area contributed by atoms with Crippen LogP contribution >= 0.6 is 0 Å². The molecule has 0 radical (unpaired) electrons. The van der Waals surface area contributed by atoms with Gasteiger partial charge in [0.15, 0.2) is 5.58 Å². The first kappa shape index (κ1) is 15.2. The number of oxazole rings is 1. The Labute approximate surface area is 138 Å². The Balaban J connectivity index is 1.78. The van der Waals surface area contributed by atoms with E-state index in [-0.39, 0.29) is 16.5 Å². The lowest BCUT2D eigenvalue weighted by atomic mass is 10.2. The Morgan fingerprint density at radius 3 is 2.83 bits per heavy atom. The van der Waals surface area contributed by atoms with Gasteiger partial charge in [0.25, 0.3) is 0 Å². The molecule has 0 N–H and O–H groups in total. The van der Waals surface area contributed by atoms with Gasteiger partial charge in [-0.3, -0.25) is 4.57 Å². The molecule has 1 aliphatic rings. The number of hydrogen-bond acceptors (Lipinski definition) is 5. The number of aromatic nitrogens is 1. The van der Waals surface area contributed by atoms with Crippen LogP contribution in [0.4, 0.5) is 0 Å². The van der Waals surface area contributed by atoms with Crippen molar-refractivity contribution in [3.05, 3.63) is 52.9 Å². The van der Waals surface area contributed by atoms with Gasteiger partial charge in [0.2, 0.25) is 10.0 Å². The molecule has 0 amide bonds. The van der Waals surface area contributed by atoms with Gasteiger partial charge in [0.05, 0.1) is 22.7 Å². The van der Waals surface area contributed by atoms with E-state index in [4.69, 9.17) is 8.83 Å². The lowest BCUT2D eigenvalue weighted by molar-refractivity contribution is 0.340. The average Bonchev–Trinajstić information content (AvgIpc) is 3.28. The Morgan fingerprint density at radius 1 is 1.25 bits per heavy atom. The van der Waals surface area contributed by atoms with Gasteiger partial charge >= 0.3 is 5.76 Å². The van der Waals surface area contributed by atoms with Crippen LogP contribution in [0.1, 0.15) is 24.6 Å². The normalized spacial score (nSPS) is 19.3. The Bertz CT molecular complexity index is 1050. The second-order valence-corrected chi connectivity index (χ2v) is 7.74. The van der Waals surface area contributed by atoms with Crippen LogP contribution < -0.4 is 5.76 Å². The van der Waals surface area contributed by atoms with Crippen LogP contribution in [-0.2, 0) is 17.1 Å². The summed E-state index contributed by atoms with van der Waals surface area (Å²) < 4.78 is 39.4. The van der Waals surface area contributed by atoms with Crippen molar-refractivity contribution in [2.45, 2.75) is 23.8 Å². The zero-order chi connectivity index (χ0) is 16.9. The minimum atomic E-state index is -3.71. The van der Waals surface area contributed by atoms with E-state index in [0.29, 0.717) is 17.8 Å². The number of furan rings is 1. The lowest BCUT2D eigenvalue weighted by Gasteiger charge is -2.22. The minimum absolute atomic E-state index is 0.114. The molecule has 0 aliphatic carbocycles. The number of benzene rings is 1. The van der Waals surface area contributed by atoms with E-state index in [0.717, 1.165) is 12.8 Å². The number of hydrogen-bond donors (Lipinski definition) is 0. The Hall–Kier alpha value is -2.32. The first-order chi connectivity index (χ1) is 11.5. The number of aryl methyl sites for hydroxylation is 1. The number of rotatable bonds is 3. The van der Waals surface area contributed by atoms with Crippen molar-refractivity contribution >= 4 is 21.1 Å². The fourth-order valence-corrected chi connectivity index (χ4v) is 4.88. The summed E-state index contributed by atoms with van der Waals surface area (Å²) in [6.45, 7) is 0.435. The second kappa shape index (κ2) is 5.35. The molecule has 2 aromatic heterocycles. The molecule has 4 rings (SSSR count). The highest BCUT2D eigenvalue weighted by atomic mass is 32.2. The molecule has 0 spiro atoms. The predicted octanol–water partition coefficient (Wildman–Crippen LogP) is 2.25. The van der Waals surface area contributed by atoms with E-state index >= 15 is 0 Å². The van der Waals surface area contributed by atoms with Crippen molar-refractivity contribution in [2.75, 3.05) is 6.54 Å². The van der Waals surface area contributed by atoms with Crippen LogP contribution in [0.3, 0.4) is 0 Å². The molecule has 7 nitrogen and oxygen atoms in total. The van der Waals surface area contributed by atoms with Crippen molar-refractivity contribution < 1.29 is 17.3 Å². The third kappa shape index (κ3) is 2.22. The van der Waals surface area contributed by atoms with Gasteiger partial charge in [-0.1, -0.05) is 0 Å². The Morgan fingerprint density at radius 2 is 2.08 bits per heavy atom. The van der Waals surface area contributed by atoms with E-state index in [2.05, 4.69) is 0 Å². The van der Waals surface area contributed by atoms with Crippen LogP contribution in [0.5, 0.6) is 0 Å². The highest BCUT2D eigenvalue weighted by Crippen LogP contribution is 2.37.